The van der Waals surface area contributed by atoms with Gasteiger partial charge < -0.3 is 9.64 Å². The molecule has 0 unspecified atom stereocenters. The van der Waals surface area contributed by atoms with Gasteiger partial charge in [-0.2, -0.15) is 0 Å². The Kier molecular flexibility index (Phi) is 4.50. The molecule has 1 amide bonds. The van der Waals surface area contributed by atoms with Crippen molar-refractivity contribution in [1.82, 2.24) is 9.80 Å². The Morgan fingerprint density at radius 2 is 2.12 bits per heavy atom. The van der Waals surface area contributed by atoms with E-state index in [0.29, 0.717) is 35.8 Å². The SMILES string of the molecule is O=C(Cc1ccc(F)cc1Cl)N1CCN2[C@@H](COC[C@@H]2C2CC2)C1. The molecule has 3 aliphatic rings. The zero-order chi connectivity index (χ0) is 16.7. The number of hydrogen-bond donors (Lipinski definition) is 0. The molecule has 24 heavy (non-hydrogen) atoms. The average molecular weight is 353 g/mol. The monoisotopic (exact) mass is 352 g/mol. The number of halogens is 2. The van der Waals surface area contributed by atoms with E-state index in [2.05, 4.69) is 4.90 Å². The largest absolute Gasteiger partial charge is 0.378 e. The van der Waals surface area contributed by atoms with Crippen LogP contribution < -0.4 is 0 Å². The van der Waals surface area contributed by atoms with Gasteiger partial charge in [0.05, 0.1) is 25.7 Å². The average Bonchev–Trinajstić information content (AvgIpc) is 3.41. The third-order valence-corrected chi connectivity index (χ3v) is 5.78. The van der Waals surface area contributed by atoms with E-state index in [4.69, 9.17) is 16.3 Å². The van der Waals surface area contributed by atoms with Crippen LogP contribution in [0.3, 0.4) is 0 Å². The third-order valence-electron chi connectivity index (χ3n) is 5.43. The number of benzene rings is 1. The molecular weight excluding hydrogens is 331 g/mol. The minimum atomic E-state index is -0.379. The van der Waals surface area contributed by atoms with Crippen molar-refractivity contribution >= 4 is 17.5 Å². The summed E-state index contributed by atoms with van der Waals surface area (Å²) in [6.07, 6.45) is 2.84. The van der Waals surface area contributed by atoms with Gasteiger partial charge in [0, 0.05) is 30.7 Å². The van der Waals surface area contributed by atoms with Crippen LogP contribution in [0, 0.1) is 11.7 Å². The quantitative estimate of drug-likeness (QED) is 0.837. The second-order valence-electron chi connectivity index (χ2n) is 7.09. The summed E-state index contributed by atoms with van der Waals surface area (Å²) in [5, 5.41) is 0.316. The van der Waals surface area contributed by atoms with Gasteiger partial charge in [-0.1, -0.05) is 17.7 Å². The van der Waals surface area contributed by atoms with Gasteiger partial charge in [-0.25, -0.2) is 4.39 Å². The first-order valence-electron chi connectivity index (χ1n) is 8.67. The molecule has 0 N–H and O–H groups in total. The van der Waals surface area contributed by atoms with Crippen molar-refractivity contribution in [3.05, 3.63) is 34.6 Å². The summed E-state index contributed by atoms with van der Waals surface area (Å²) in [5.41, 5.74) is 0.682. The van der Waals surface area contributed by atoms with E-state index in [1.165, 1.54) is 25.0 Å². The lowest BCUT2D eigenvalue weighted by molar-refractivity contribution is -0.139. The van der Waals surface area contributed by atoms with Gasteiger partial charge in [0.1, 0.15) is 5.82 Å². The van der Waals surface area contributed by atoms with Crippen LogP contribution >= 0.6 is 11.6 Å². The van der Waals surface area contributed by atoms with Crippen LogP contribution in [-0.2, 0) is 16.0 Å². The number of fused-ring (bicyclic) bond motifs is 1. The minimum absolute atomic E-state index is 0.0525. The molecule has 3 fully saturated rings. The standard InChI is InChI=1S/C18H22ClFN2O2/c19-16-8-14(20)4-3-13(16)7-18(23)21-5-6-22-15(9-21)10-24-11-17(22)12-1-2-12/h3-4,8,12,15,17H,1-2,5-7,9-11H2/t15-,17-/m1/s1. The van der Waals surface area contributed by atoms with Gasteiger partial charge in [0.25, 0.3) is 0 Å². The van der Waals surface area contributed by atoms with Crippen molar-refractivity contribution in [1.29, 1.82) is 0 Å². The fourth-order valence-electron chi connectivity index (χ4n) is 3.93. The van der Waals surface area contributed by atoms with E-state index in [0.717, 1.165) is 25.6 Å². The molecule has 0 spiro atoms. The number of ether oxygens (including phenoxy) is 1. The van der Waals surface area contributed by atoms with E-state index in [1.807, 2.05) is 4.90 Å². The summed E-state index contributed by atoms with van der Waals surface area (Å²) >= 11 is 6.05. The van der Waals surface area contributed by atoms with Crippen molar-refractivity contribution < 1.29 is 13.9 Å². The molecule has 1 aliphatic carbocycles. The predicted octanol–water partition coefficient (Wildman–Crippen LogP) is 2.34. The first-order chi connectivity index (χ1) is 11.6. The first-order valence-corrected chi connectivity index (χ1v) is 9.05. The van der Waals surface area contributed by atoms with Crippen molar-refractivity contribution in [2.75, 3.05) is 32.8 Å². The summed E-state index contributed by atoms with van der Waals surface area (Å²) < 4.78 is 18.9. The maximum absolute atomic E-state index is 13.1. The minimum Gasteiger partial charge on any atom is -0.378 e. The van der Waals surface area contributed by atoms with Gasteiger partial charge in [-0.3, -0.25) is 9.69 Å². The molecule has 2 heterocycles. The molecule has 1 aromatic rings. The Morgan fingerprint density at radius 1 is 1.29 bits per heavy atom. The van der Waals surface area contributed by atoms with E-state index in [-0.39, 0.29) is 18.1 Å². The Labute approximate surface area is 146 Å². The summed E-state index contributed by atoms with van der Waals surface area (Å²) in [5.74, 6) is 0.458. The summed E-state index contributed by atoms with van der Waals surface area (Å²) in [4.78, 5) is 17.1. The predicted molar refractivity (Wildman–Crippen MR) is 89.5 cm³/mol. The van der Waals surface area contributed by atoms with Gasteiger partial charge in [0.2, 0.25) is 5.91 Å². The lowest BCUT2D eigenvalue weighted by Gasteiger charge is -2.48. The molecule has 1 saturated carbocycles. The summed E-state index contributed by atoms with van der Waals surface area (Å²) in [6.45, 7) is 3.90. The zero-order valence-corrected chi connectivity index (χ0v) is 14.3. The fourth-order valence-corrected chi connectivity index (χ4v) is 4.16. The lowest BCUT2D eigenvalue weighted by atomic mass is 10.0. The zero-order valence-electron chi connectivity index (χ0n) is 13.6. The highest BCUT2D eigenvalue weighted by molar-refractivity contribution is 6.31. The molecule has 2 atom stereocenters. The number of piperazine rings is 1. The van der Waals surface area contributed by atoms with E-state index < -0.39 is 0 Å². The van der Waals surface area contributed by atoms with Crippen molar-refractivity contribution in [3.8, 4) is 0 Å². The van der Waals surface area contributed by atoms with Crippen molar-refractivity contribution in [2.24, 2.45) is 5.92 Å². The number of nitrogens with zero attached hydrogens (tertiary/aromatic N) is 2. The van der Waals surface area contributed by atoms with Crippen molar-refractivity contribution in [3.63, 3.8) is 0 Å². The number of carbonyl (C=O) groups is 1. The van der Waals surface area contributed by atoms with Crippen LogP contribution in [0.15, 0.2) is 18.2 Å². The van der Waals surface area contributed by atoms with Gasteiger partial charge in [0.15, 0.2) is 0 Å². The van der Waals surface area contributed by atoms with E-state index in [9.17, 15) is 9.18 Å². The Hall–Kier alpha value is -1.17. The van der Waals surface area contributed by atoms with Crippen LogP contribution in [0.1, 0.15) is 18.4 Å². The molecule has 4 rings (SSSR count). The maximum Gasteiger partial charge on any atom is 0.227 e. The number of hydrogen-bond acceptors (Lipinski definition) is 3. The van der Waals surface area contributed by atoms with Crippen LogP contribution in [0.2, 0.25) is 5.02 Å². The second kappa shape index (κ2) is 6.62. The van der Waals surface area contributed by atoms with E-state index in [1.54, 1.807) is 6.07 Å². The van der Waals surface area contributed by atoms with Crippen LogP contribution in [0.5, 0.6) is 0 Å². The second-order valence-corrected chi connectivity index (χ2v) is 7.49. The van der Waals surface area contributed by atoms with Gasteiger partial charge >= 0.3 is 0 Å². The number of morpholine rings is 1. The van der Waals surface area contributed by atoms with Gasteiger partial charge in [-0.15, -0.1) is 0 Å². The lowest BCUT2D eigenvalue weighted by Crippen LogP contribution is -2.63. The Balaban J connectivity index is 1.39. The summed E-state index contributed by atoms with van der Waals surface area (Å²) in [7, 11) is 0. The molecule has 2 aliphatic heterocycles. The molecule has 6 heteroatoms. The number of carbonyl (C=O) groups excluding carboxylic acids is 1. The van der Waals surface area contributed by atoms with Crippen LogP contribution in [0.25, 0.3) is 0 Å². The van der Waals surface area contributed by atoms with Crippen molar-refractivity contribution in [2.45, 2.75) is 31.3 Å². The van der Waals surface area contributed by atoms with Crippen LogP contribution in [0.4, 0.5) is 4.39 Å². The molecule has 0 aromatic heterocycles. The first kappa shape index (κ1) is 16.3. The molecule has 4 nitrogen and oxygen atoms in total. The molecule has 2 saturated heterocycles. The molecular formula is C18H22ClFN2O2. The Morgan fingerprint density at radius 3 is 2.88 bits per heavy atom. The maximum atomic E-state index is 13.1. The summed E-state index contributed by atoms with van der Waals surface area (Å²) in [6, 6.07) is 5.04. The molecule has 1 aromatic carbocycles. The number of amides is 1. The van der Waals surface area contributed by atoms with Gasteiger partial charge in [-0.05, 0) is 36.5 Å². The highest BCUT2D eigenvalue weighted by Crippen LogP contribution is 2.38. The Bertz CT molecular complexity index is 637. The normalized spacial score (nSPS) is 27.8. The molecule has 130 valence electrons. The third kappa shape index (κ3) is 3.30. The highest BCUT2D eigenvalue weighted by Gasteiger charge is 2.43. The highest BCUT2D eigenvalue weighted by atomic mass is 35.5. The smallest absolute Gasteiger partial charge is 0.227 e. The molecule has 0 radical (unpaired) electrons. The van der Waals surface area contributed by atoms with E-state index >= 15 is 0 Å². The topological polar surface area (TPSA) is 32.8 Å². The number of rotatable bonds is 3. The van der Waals surface area contributed by atoms with Crippen LogP contribution in [-0.4, -0.2) is 60.6 Å². The molecule has 0 bridgehead atoms. The fraction of sp³-hybridized carbons (Fsp3) is 0.611.